The average molecular weight is 233 g/mol. The van der Waals surface area contributed by atoms with Crippen molar-refractivity contribution in [1.82, 2.24) is 15.0 Å². The van der Waals surface area contributed by atoms with Gasteiger partial charge in [0.1, 0.15) is 17.9 Å². The summed E-state index contributed by atoms with van der Waals surface area (Å²) in [4.78, 5) is 10.9. The summed E-state index contributed by atoms with van der Waals surface area (Å²) in [5, 5.41) is 16.4. The Morgan fingerprint density at radius 2 is 2.24 bits per heavy atom. The number of hydrogen-bond acceptors (Lipinski definition) is 4. The summed E-state index contributed by atoms with van der Waals surface area (Å²) in [6.45, 7) is 0.863. The van der Waals surface area contributed by atoms with E-state index in [0.29, 0.717) is 18.9 Å². The van der Waals surface area contributed by atoms with Crippen molar-refractivity contribution in [2.45, 2.75) is 6.54 Å². The van der Waals surface area contributed by atoms with Gasteiger partial charge < -0.3 is 9.84 Å². The van der Waals surface area contributed by atoms with Gasteiger partial charge in [0.15, 0.2) is 0 Å². The van der Waals surface area contributed by atoms with Crippen LogP contribution < -0.4 is 4.74 Å². The van der Waals surface area contributed by atoms with Crippen molar-refractivity contribution in [3.05, 3.63) is 42.2 Å². The SMILES string of the molecule is O=C(O)c1ccccc1OCCn1ccnn1. The minimum atomic E-state index is -0.999. The molecule has 1 aromatic heterocycles. The number of benzene rings is 1. The molecule has 88 valence electrons. The average Bonchev–Trinajstić information content (AvgIpc) is 2.82. The highest BCUT2D eigenvalue weighted by Gasteiger charge is 2.09. The Morgan fingerprint density at radius 1 is 1.41 bits per heavy atom. The molecule has 0 atom stereocenters. The highest BCUT2D eigenvalue weighted by molar-refractivity contribution is 5.90. The first-order valence-corrected chi connectivity index (χ1v) is 5.06. The third-order valence-corrected chi connectivity index (χ3v) is 2.17. The molecule has 0 unspecified atom stereocenters. The van der Waals surface area contributed by atoms with Gasteiger partial charge in [0.25, 0.3) is 0 Å². The maximum atomic E-state index is 10.9. The molecule has 0 fully saturated rings. The molecule has 0 aliphatic heterocycles. The van der Waals surface area contributed by atoms with E-state index in [2.05, 4.69) is 10.3 Å². The molecule has 0 aliphatic rings. The van der Waals surface area contributed by atoms with E-state index in [9.17, 15) is 4.79 Å². The Hall–Kier alpha value is -2.37. The highest BCUT2D eigenvalue weighted by atomic mass is 16.5. The molecule has 0 aliphatic carbocycles. The fourth-order valence-electron chi connectivity index (χ4n) is 1.37. The summed E-state index contributed by atoms with van der Waals surface area (Å²) in [7, 11) is 0. The molecule has 17 heavy (non-hydrogen) atoms. The number of carboxylic acids is 1. The van der Waals surface area contributed by atoms with Gasteiger partial charge in [-0.1, -0.05) is 17.3 Å². The lowest BCUT2D eigenvalue weighted by atomic mass is 10.2. The second-order valence-corrected chi connectivity index (χ2v) is 3.32. The van der Waals surface area contributed by atoms with Crippen LogP contribution in [0.25, 0.3) is 0 Å². The zero-order valence-corrected chi connectivity index (χ0v) is 8.98. The molecule has 0 saturated heterocycles. The summed E-state index contributed by atoms with van der Waals surface area (Å²) < 4.78 is 7.02. The lowest BCUT2D eigenvalue weighted by Crippen LogP contribution is -2.10. The van der Waals surface area contributed by atoms with E-state index >= 15 is 0 Å². The maximum Gasteiger partial charge on any atom is 0.339 e. The number of aromatic carboxylic acids is 1. The van der Waals surface area contributed by atoms with Gasteiger partial charge in [0, 0.05) is 6.20 Å². The summed E-state index contributed by atoms with van der Waals surface area (Å²) in [5.41, 5.74) is 0.158. The number of ether oxygens (including phenoxy) is 1. The van der Waals surface area contributed by atoms with E-state index in [1.807, 2.05) is 0 Å². The second kappa shape index (κ2) is 5.11. The largest absolute Gasteiger partial charge is 0.491 e. The fourth-order valence-corrected chi connectivity index (χ4v) is 1.37. The van der Waals surface area contributed by atoms with Gasteiger partial charge in [-0.05, 0) is 12.1 Å². The van der Waals surface area contributed by atoms with Crippen LogP contribution in [0.4, 0.5) is 0 Å². The van der Waals surface area contributed by atoms with Gasteiger partial charge in [-0.25, -0.2) is 9.48 Å². The Kier molecular flexibility index (Phi) is 3.34. The Bertz CT molecular complexity index is 496. The summed E-state index contributed by atoms with van der Waals surface area (Å²) in [5.74, 6) is -0.638. The van der Waals surface area contributed by atoms with Gasteiger partial charge in [-0.3, -0.25) is 0 Å². The smallest absolute Gasteiger partial charge is 0.339 e. The van der Waals surface area contributed by atoms with Crippen LogP contribution in [0.15, 0.2) is 36.7 Å². The number of nitrogens with zero attached hydrogens (tertiary/aromatic N) is 3. The monoisotopic (exact) mass is 233 g/mol. The molecule has 0 saturated carbocycles. The van der Waals surface area contributed by atoms with E-state index in [-0.39, 0.29) is 5.56 Å². The maximum absolute atomic E-state index is 10.9. The number of carbonyl (C=O) groups is 1. The predicted octanol–water partition coefficient (Wildman–Crippen LogP) is 1.06. The predicted molar refractivity (Wildman–Crippen MR) is 58.9 cm³/mol. The van der Waals surface area contributed by atoms with E-state index in [4.69, 9.17) is 9.84 Å². The number of rotatable bonds is 5. The van der Waals surface area contributed by atoms with Crippen molar-refractivity contribution >= 4 is 5.97 Å². The van der Waals surface area contributed by atoms with E-state index < -0.39 is 5.97 Å². The first-order chi connectivity index (χ1) is 8.27. The van der Waals surface area contributed by atoms with Gasteiger partial charge in [0.2, 0.25) is 0 Å². The van der Waals surface area contributed by atoms with Crippen molar-refractivity contribution < 1.29 is 14.6 Å². The van der Waals surface area contributed by atoms with Crippen molar-refractivity contribution in [3.8, 4) is 5.75 Å². The van der Waals surface area contributed by atoms with Crippen LogP contribution >= 0.6 is 0 Å². The molecule has 1 heterocycles. The molecule has 6 heteroatoms. The van der Waals surface area contributed by atoms with Gasteiger partial charge in [-0.2, -0.15) is 0 Å². The standard InChI is InChI=1S/C11H11N3O3/c15-11(16)9-3-1-2-4-10(9)17-8-7-14-6-5-12-13-14/h1-6H,7-8H2,(H,15,16). The lowest BCUT2D eigenvalue weighted by Gasteiger charge is -2.08. The number of aromatic nitrogens is 3. The molecule has 2 aromatic rings. The summed E-state index contributed by atoms with van der Waals surface area (Å²) in [6, 6.07) is 6.53. The van der Waals surface area contributed by atoms with Gasteiger partial charge in [0.05, 0.1) is 12.7 Å². The first-order valence-electron chi connectivity index (χ1n) is 5.06. The van der Waals surface area contributed by atoms with Crippen LogP contribution in [-0.2, 0) is 6.54 Å². The van der Waals surface area contributed by atoms with Crippen LogP contribution in [-0.4, -0.2) is 32.7 Å². The van der Waals surface area contributed by atoms with Crippen molar-refractivity contribution in [1.29, 1.82) is 0 Å². The van der Waals surface area contributed by atoms with Crippen LogP contribution in [0.3, 0.4) is 0 Å². The third kappa shape index (κ3) is 2.81. The molecule has 0 amide bonds. The van der Waals surface area contributed by atoms with Gasteiger partial charge >= 0.3 is 5.97 Å². The molecule has 0 spiro atoms. The van der Waals surface area contributed by atoms with Crippen LogP contribution in [0.2, 0.25) is 0 Å². The minimum Gasteiger partial charge on any atom is -0.491 e. The topological polar surface area (TPSA) is 77.2 Å². The lowest BCUT2D eigenvalue weighted by molar-refractivity contribution is 0.0692. The number of carboxylic acid groups (broad SMARTS) is 1. The summed E-state index contributed by atoms with van der Waals surface area (Å²) >= 11 is 0. The number of para-hydroxylation sites is 1. The normalized spacial score (nSPS) is 10.1. The number of hydrogen-bond donors (Lipinski definition) is 1. The molecule has 0 bridgehead atoms. The second-order valence-electron chi connectivity index (χ2n) is 3.32. The Morgan fingerprint density at radius 3 is 2.94 bits per heavy atom. The molecule has 0 radical (unpaired) electrons. The highest BCUT2D eigenvalue weighted by Crippen LogP contribution is 2.17. The Balaban J connectivity index is 1.97. The molecule has 2 rings (SSSR count). The molecule has 1 N–H and O–H groups in total. The fraction of sp³-hybridized carbons (Fsp3) is 0.182. The van der Waals surface area contributed by atoms with Crippen LogP contribution in [0, 0.1) is 0 Å². The molecule has 1 aromatic carbocycles. The van der Waals surface area contributed by atoms with E-state index in [1.165, 1.54) is 6.07 Å². The first kappa shape index (κ1) is 11.1. The molecular formula is C11H11N3O3. The summed E-state index contributed by atoms with van der Waals surface area (Å²) in [6.07, 6.45) is 3.29. The van der Waals surface area contributed by atoms with Crippen molar-refractivity contribution in [2.24, 2.45) is 0 Å². The Labute approximate surface area is 97.4 Å². The zero-order valence-electron chi connectivity index (χ0n) is 8.98. The van der Waals surface area contributed by atoms with Crippen molar-refractivity contribution in [3.63, 3.8) is 0 Å². The van der Waals surface area contributed by atoms with E-state index in [0.717, 1.165) is 0 Å². The van der Waals surface area contributed by atoms with Crippen LogP contribution in [0.5, 0.6) is 5.75 Å². The van der Waals surface area contributed by atoms with Crippen molar-refractivity contribution in [2.75, 3.05) is 6.61 Å². The van der Waals surface area contributed by atoms with Crippen LogP contribution in [0.1, 0.15) is 10.4 Å². The van der Waals surface area contributed by atoms with E-state index in [1.54, 1.807) is 35.3 Å². The third-order valence-electron chi connectivity index (χ3n) is 2.17. The molecular weight excluding hydrogens is 222 g/mol. The quantitative estimate of drug-likeness (QED) is 0.835. The zero-order chi connectivity index (χ0) is 12.1. The minimum absolute atomic E-state index is 0.158. The van der Waals surface area contributed by atoms with Gasteiger partial charge in [-0.15, -0.1) is 5.10 Å². The molecule has 6 nitrogen and oxygen atoms in total.